The van der Waals surface area contributed by atoms with Gasteiger partial charge in [-0.15, -0.1) is 0 Å². The molecule has 1 nitrogen and oxygen atoms in total. The van der Waals surface area contributed by atoms with Gasteiger partial charge in [0.1, 0.15) is 0 Å². The molecule has 0 N–H and O–H groups in total. The molecule has 2 saturated carbocycles. The van der Waals surface area contributed by atoms with Gasteiger partial charge in [0.15, 0.2) is 0 Å². The van der Waals surface area contributed by atoms with Crippen LogP contribution >= 0.6 is 0 Å². The molecule has 2 fully saturated rings. The van der Waals surface area contributed by atoms with Gasteiger partial charge in [-0.05, 0) is 54.2 Å². The second-order valence-corrected chi connectivity index (χ2v) is 7.17. The van der Waals surface area contributed by atoms with Crippen LogP contribution in [-0.4, -0.2) is 10.5 Å². The summed E-state index contributed by atoms with van der Waals surface area (Å²) >= 11 is 0. The molecule has 2 heteroatoms. The molecule has 3 rings (SSSR count). The van der Waals surface area contributed by atoms with Crippen LogP contribution in [-0.2, 0) is 11.0 Å². The van der Waals surface area contributed by atoms with E-state index >= 15 is 0 Å². The molecule has 1 aromatic rings. The van der Waals surface area contributed by atoms with Crippen LogP contribution in [0.3, 0.4) is 0 Å². The normalized spacial score (nSPS) is 21.6. The minimum absolute atomic E-state index is 0.698. The molecule has 3 radical (unpaired) electrons. The molecule has 21 heavy (non-hydrogen) atoms. The van der Waals surface area contributed by atoms with Crippen LogP contribution in [0.1, 0.15) is 92.7 Å². The van der Waals surface area contributed by atoms with Crippen molar-refractivity contribution in [1.82, 2.24) is 0 Å². The second kappa shape index (κ2) is 7.60. The molecule has 0 spiro atoms. The van der Waals surface area contributed by atoms with E-state index in [-0.39, 0.29) is 0 Å². The lowest BCUT2D eigenvalue weighted by atomic mass is 9.74. The highest BCUT2D eigenvalue weighted by atomic mass is 28.2. The Hall–Kier alpha value is -0.603. The lowest BCUT2D eigenvalue weighted by Crippen LogP contribution is -2.15. The van der Waals surface area contributed by atoms with E-state index in [0.717, 1.165) is 11.8 Å². The van der Waals surface area contributed by atoms with E-state index in [1.807, 2.05) is 0 Å². The topological polar surface area (TPSA) is 9.23 Å². The molecule has 0 bridgehead atoms. The highest BCUT2D eigenvalue weighted by Crippen LogP contribution is 2.42. The first kappa shape index (κ1) is 15.3. The quantitative estimate of drug-likeness (QED) is 0.678. The average molecular weight is 300 g/mol. The Morgan fingerprint density at radius 2 is 1.48 bits per heavy atom. The van der Waals surface area contributed by atoms with Crippen LogP contribution < -0.4 is 0 Å². The summed E-state index contributed by atoms with van der Waals surface area (Å²) in [5.41, 5.74) is 4.73. The van der Waals surface area contributed by atoms with E-state index in [2.05, 4.69) is 28.7 Å². The lowest BCUT2D eigenvalue weighted by molar-refractivity contribution is 0.331. The second-order valence-electron chi connectivity index (χ2n) is 6.88. The summed E-state index contributed by atoms with van der Waals surface area (Å²) in [5, 5.41) is 0. The van der Waals surface area contributed by atoms with Crippen molar-refractivity contribution in [3.63, 3.8) is 0 Å². The van der Waals surface area contributed by atoms with Gasteiger partial charge in [-0.3, -0.25) is 0 Å². The lowest BCUT2D eigenvalue weighted by Gasteiger charge is -2.31. The van der Waals surface area contributed by atoms with E-state index in [4.69, 9.17) is 4.43 Å². The molecule has 0 aromatic heterocycles. The Bertz CT molecular complexity index is 445. The van der Waals surface area contributed by atoms with Crippen molar-refractivity contribution in [3.8, 4) is 0 Å². The monoisotopic (exact) mass is 299 g/mol. The van der Waals surface area contributed by atoms with Crippen molar-refractivity contribution in [1.29, 1.82) is 0 Å². The fourth-order valence-corrected chi connectivity index (χ4v) is 4.65. The summed E-state index contributed by atoms with van der Waals surface area (Å²) < 4.78 is 5.31. The smallest absolute Gasteiger partial charge is 0.246 e. The zero-order valence-electron chi connectivity index (χ0n) is 13.1. The van der Waals surface area contributed by atoms with Crippen LogP contribution in [0.25, 0.3) is 0 Å². The Balaban J connectivity index is 1.94. The van der Waals surface area contributed by atoms with E-state index in [1.165, 1.54) is 69.8 Å². The van der Waals surface area contributed by atoms with Gasteiger partial charge in [0.25, 0.3) is 0 Å². The third kappa shape index (κ3) is 3.60. The van der Waals surface area contributed by atoms with Gasteiger partial charge in [0.05, 0.1) is 6.61 Å². The van der Waals surface area contributed by atoms with Gasteiger partial charge in [-0.1, -0.05) is 56.7 Å². The van der Waals surface area contributed by atoms with Crippen LogP contribution in [0.5, 0.6) is 0 Å². The molecule has 113 valence electrons. The molecule has 0 heterocycles. The van der Waals surface area contributed by atoms with E-state index in [9.17, 15) is 0 Å². The van der Waals surface area contributed by atoms with Crippen molar-refractivity contribution in [2.45, 2.75) is 82.7 Å². The average Bonchev–Trinajstić information content (AvgIpc) is 2.56. The molecular weight excluding hydrogens is 272 g/mol. The van der Waals surface area contributed by atoms with Gasteiger partial charge in [0, 0.05) is 0 Å². The molecular formula is C19H27OSi. The van der Waals surface area contributed by atoms with Gasteiger partial charge in [0.2, 0.25) is 10.5 Å². The third-order valence-electron chi connectivity index (χ3n) is 5.52. The molecule has 0 unspecified atom stereocenters. The molecule has 0 saturated heterocycles. The number of hydrogen-bond donors (Lipinski definition) is 0. The van der Waals surface area contributed by atoms with Gasteiger partial charge < -0.3 is 4.43 Å². The number of rotatable bonds is 4. The maximum atomic E-state index is 5.31. The third-order valence-corrected chi connectivity index (χ3v) is 5.66. The van der Waals surface area contributed by atoms with E-state index in [1.54, 1.807) is 11.1 Å². The fraction of sp³-hybridized carbons (Fsp3) is 0.684. The van der Waals surface area contributed by atoms with Gasteiger partial charge in [-0.2, -0.15) is 0 Å². The van der Waals surface area contributed by atoms with Crippen molar-refractivity contribution < 1.29 is 4.43 Å². The Labute approximate surface area is 133 Å². The van der Waals surface area contributed by atoms with Crippen molar-refractivity contribution in [2.75, 3.05) is 0 Å². The number of hydrogen-bond acceptors (Lipinski definition) is 1. The summed E-state index contributed by atoms with van der Waals surface area (Å²) in [6.45, 7) is 0.698. The van der Waals surface area contributed by atoms with Crippen molar-refractivity contribution in [2.24, 2.45) is 0 Å². The molecule has 1 aromatic carbocycles. The number of benzene rings is 1. The van der Waals surface area contributed by atoms with Crippen LogP contribution in [0.4, 0.5) is 0 Å². The molecule has 0 amide bonds. The van der Waals surface area contributed by atoms with E-state index in [0.29, 0.717) is 6.61 Å². The first-order chi connectivity index (χ1) is 10.4. The Morgan fingerprint density at radius 3 is 2.10 bits per heavy atom. The van der Waals surface area contributed by atoms with Crippen LogP contribution in [0, 0.1) is 0 Å². The summed E-state index contributed by atoms with van der Waals surface area (Å²) in [4.78, 5) is 0. The highest BCUT2D eigenvalue weighted by Gasteiger charge is 2.25. The first-order valence-corrected chi connectivity index (χ1v) is 9.21. The minimum atomic E-state index is 0.698. The van der Waals surface area contributed by atoms with Gasteiger partial charge in [-0.25, -0.2) is 0 Å². The first-order valence-electron chi connectivity index (χ1n) is 8.80. The standard InChI is InChI=1S/C19H27OSi/c21-20-14-17-12-7-13-18(15-8-3-1-4-9-15)19(17)16-10-5-2-6-11-16/h7,12-13,15-16H,1-6,8-11,14H2. The summed E-state index contributed by atoms with van der Waals surface area (Å²) in [6.07, 6.45) is 14.0. The molecule has 2 aliphatic rings. The minimum Gasteiger partial charge on any atom is -0.414 e. The molecule has 0 atom stereocenters. The maximum Gasteiger partial charge on any atom is 0.246 e. The largest absolute Gasteiger partial charge is 0.414 e. The van der Waals surface area contributed by atoms with Gasteiger partial charge >= 0.3 is 0 Å². The van der Waals surface area contributed by atoms with E-state index < -0.39 is 0 Å². The van der Waals surface area contributed by atoms with Crippen molar-refractivity contribution >= 4 is 10.5 Å². The zero-order valence-corrected chi connectivity index (χ0v) is 14.1. The summed E-state index contributed by atoms with van der Waals surface area (Å²) in [7, 11) is 3.21. The van der Waals surface area contributed by atoms with Crippen LogP contribution in [0.15, 0.2) is 18.2 Å². The SMILES string of the molecule is [Si]OCc1cccc(C2CCCCC2)c1C1CCCCC1. The zero-order chi connectivity index (χ0) is 14.5. The van der Waals surface area contributed by atoms with Crippen LogP contribution in [0.2, 0.25) is 0 Å². The molecule has 2 aliphatic carbocycles. The highest BCUT2D eigenvalue weighted by molar-refractivity contribution is 5.97. The summed E-state index contributed by atoms with van der Waals surface area (Å²) in [5.74, 6) is 1.57. The predicted octanol–water partition coefficient (Wildman–Crippen LogP) is 5.38. The maximum absolute atomic E-state index is 5.31. The Morgan fingerprint density at radius 1 is 0.857 bits per heavy atom. The fourth-order valence-electron chi connectivity index (χ4n) is 4.50. The summed E-state index contributed by atoms with van der Waals surface area (Å²) in [6, 6.07) is 6.93. The Kier molecular flexibility index (Phi) is 5.53. The predicted molar refractivity (Wildman–Crippen MR) is 88.6 cm³/mol. The van der Waals surface area contributed by atoms with Crippen molar-refractivity contribution in [3.05, 3.63) is 34.9 Å². The molecule has 0 aliphatic heterocycles.